The van der Waals surface area contributed by atoms with Gasteiger partial charge in [-0.15, -0.1) is 0 Å². The minimum atomic E-state index is -0.0744. The van der Waals surface area contributed by atoms with Gasteiger partial charge in [-0.05, 0) is 25.5 Å². The summed E-state index contributed by atoms with van der Waals surface area (Å²) in [6.07, 6.45) is 0.931. The third kappa shape index (κ3) is 2.94. The zero-order chi connectivity index (χ0) is 12.3. The summed E-state index contributed by atoms with van der Waals surface area (Å²) < 4.78 is 5.50. The molecule has 0 aromatic carbocycles. The molecule has 1 aromatic rings. The van der Waals surface area contributed by atoms with Crippen LogP contribution < -0.4 is 5.73 Å². The van der Waals surface area contributed by atoms with E-state index >= 15 is 0 Å². The average Bonchev–Trinajstić information content (AvgIpc) is 2.53. The molecule has 0 aliphatic carbocycles. The molecule has 1 aliphatic heterocycles. The van der Waals surface area contributed by atoms with Crippen LogP contribution in [0.15, 0.2) is 18.2 Å². The topological polar surface area (TPSA) is 68.5 Å². The number of carbonyl (C=O) groups excluding carboxylic acids is 1. The van der Waals surface area contributed by atoms with Gasteiger partial charge < -0.3 is 15.4 Å². The summed E-state index contributed by atoms with van der Waals surface area (Å²) in [4.78, 5) is 18.0. The number of ether oxygens (including phenoxy) is 1. The molecule has 5 heteroatoms. The number of anilines is 1. The minimum absolute atomic E-state index is 0.0718. The smallest absolute Gasteiger partial charge is 0.272 e. The molecule has 2 heterocycles. The van der Waals surface area contributed by atoms with Crippen LogP contribution in [0.3, 0.4) is 0 Å². The lowest BCUT2D eigenvalue weighted by Crippen LogP contribution is -2.36. The van der Waals surface area contributed by atoms with Gasteiger partial charge in [0.05, 0.1) is 6.10 Å². The molecule has 1 unspecified atom stereocenters. The Balaban J connectivity index is 2.13. The Morgan fingerprint density at radius 1 is 1.59 bits per heavy atom. The number of hydrogen-bond donors (Lipinski definition) is 1. The zero-order valence-electron chi connectivity index (χ0n) is 9.93. The van der Waals surface area contributed by atoms with Gasteiger partial charge in [-0.25, -0.2) is 4.98 Å². The number of rotatable bonds is 1. The number of carbonyl (C=O) groups is 1. The molecule has 1 atom stereocenters. The van der Waals surface area contributed by atoms with Gasteiger partial charge >= 0.3 is 0 Å². The standard InChI is InChI=1S/C12H17N3O2/c1-9-8-15(6-3-7-17-9)12(16)10-4-2-5-11(13)14-10/h2,4-5,9H,3,6-8H2,1H3,(H2,13,14). The summed E-state index contributed by atoms with van der Waals surface area (Å²) in [5.41, 5.74) is 5.98. The number of nitrogens with zero attached hydrogens (tertiary/aromatic N) is 2. The minimum Gasteiger partial charge on any atom is -0.384 e. The van der Waals surface area contributed by atoms with Crippen molar-refractivity contribution in [2.24, 2.45) is 0 Å². The molecule has 92 valence electrons. The van der Waals surface area contributed by atoms with Gasteiger partial charge in [-0.3, -0.25) is 4.79 Å². The maximum Gasteiger partial charge on any atom is 0.272 e. The van der Waals surface area contributed by atoms with E-state index in [9.17, 15) is 4.79 Å². The van der Waals surface area contributed by atoms with Crippen molar-refractivity contribution in [3.05, 3.63) is 23.9 Å². The fourth-order valence-electron chi connectivity index (χ4n) is 1.91. The fourth-order valence-corrected chi connectivity index (χ4v) is 1.91. The van der Waals surface area contributed by atoms with Gasteiger partial charge in [-0.2, -0.15) is 0 Å². The molecule has 0 saturated carbocycles. The lowest BCUT2D eigenvalue weighted by atomic mass is 10.2. The van der Waals surface area contributed by atoms with E-state index in [1.165, 1.54) is 0 Å². The number of amides is 1. The third-order valence-corrected chi connectivity index (χ3v) is 2.73. The quantitative estimate of drug-likeness (QED) is 0.785. The second kappa shape index (κ2) is 5.14. The predicted octanol–water partition coefficient (Wildman–Crippen LogP) is 0.915. The Labute approximate surface area is 101 Å². The molecule has 1 amide bonds. The summed E-state index contributed by atoms with van der Waals surface area (Å²) in [5, 5.41) is 0. The lowest BCUT2D eigenvalue weighted by Gasteiger charge is -2.21. The Morgan fingerprint density at radius 2 is 2.41 bits per heavy atom. The largest absolute Gasteiger partial charge is 0.384 e. The number of aromatic nitrogens is 1. The first-order chi connectivity index (χ1) is 8.16. The van der Waals surface area contributed by atoms with Crippen molar-refractivity contribution in [1.29, 1.82) is 0 Å². The summed E-state index contributed by atoms with van der Waals surface area (Å²) in [7, 11) is 0. The van der Waals surface area contributed by atoms with E-state index in [0.717, 1.165) is 6.42 Å². The number of hydrogen-bond acceptors (Lipinski definition) is 4. The van der Waals surface area contributed by atoms with Gasteiger partial charge in [0.2, 0.25) is 0 Å². The van der Waals surface area contributed by atoms with Crippen LogP contribution in [0.1, 0.15) is 23.8 Å². The summed E-state index contributed by atoms with van der Waals surface area (Å²) in [6.45, 7) is 3.99. The molecule has 0 radical (unpaired) electrons. The van der Waals surface area contributed by atoms with Crippen molar-refractivity contribution in [2.75, 3.05) is 25.4 Å². The normalized spacial score (nSPS) is 21.0. The number of nitrogen functional groups attached to an aromatic ring is 1. The van der Waals surface area contributed by atoms with E-state index in [0.29, 0.717) is 31.2 Å². The Morgan fingerprint density at radius 3 is 3.18 bits per heavy atom. The van der Waals surface area contributed by atoms with Gasteiger partial charge in [0.1, 0.15) is 11.5 Å². The van der Waals surface area contributed by atoms with E-state index in [-0.39, 0.29) is 12.0 Å². The van der Waals surface area contributed by atoms with Crippen molar-refractivity contribution in [3.63, 3.8) is 0 Å². The maximum atomic E-state index is 12.2. The highest BCUT2D eigenvalue weighted by Crippen LogP contribution is 2.10. The second-order valence-corrected chi connectivity index (χ2v) is 4.23. The first kappa shape index (κ1) is 11.9. The molecule has 1 saturated heterocycles. The molecule has 17 heavy (non-hydrogen) atoms. The van der Waals surface area contributed by atoms with Crippen molar-refractivity contribution in [2.45, 2.75) is 19.4 Å². The van der Waals surface area contributed by atoms with Crippen LogP contribution in [0.4, 0.5) is 5.82 Å². The first-order valence-corrected chi connectivity index (χ1v) is 5.80. The van der Waals surface area contributed by atoms with E-state index < -0.39 is 0 Å². The lowest BCUT2D eigenvalue weighted by molar-refractivity contribution is 0.0559. The zero-order valence-corrected chi connectivity index (χ0v) is 9.93. The monoisotopic (exact) mass is 235 g/mol. The van der Waals surface area contributed by atoms with Gasteiger partial charge in [0, 0.05) is 19.7 Å². The van der Waals surface area contributed by atoms with Crippen LogP contribution in [0.25, 0.3) is 0 Å². The second-order valence-electron chi connectivity index (χ2n) is 4.23. The maximum absolute atomic E-state index is 12.2. The Hall–Kier alpha value is -1.62. The molecular weight excluding hydrogens is 218 g/mol. The predicted molar refractivity (Wildman–Crippen MR) is 64.6 cm³/mol. The van der Waals surface area contributed by atoms with Crippen molar-refractivity contribution in [3.8, 4) is 0 Å². The Bertz CT molecular complexity index is 408. The van der Waals surface area contributed by atoms with Crippen LogP contribution in [-0.4, -0.2) is 41.6 Å². The SMILES string of the molecule is CC1CN(C(=O)c2cccc(N)n2)CCCO1. The summed E-state index contributed by atoms with van der Waals surface area (Å²) >= 11 is 0. The molecule has 0 spiro atoms. The highest BCUT2D eigenvalue weighted by atomic mass is 16.5. The average molecular weight is 235 g/mol. The van der Waals surface area contributed by atoms with E-state index in [4.69, 9.17) is 10.5 Å². The number of pyridine rings is 1. The van der Waals surface area contributed by atoms with Crippen LogP contribution in [0.2, 0.25) is 0 Å². The van der Waals surface area contributed by atoms with Gasteiger partial charge in [0.25, 0.3) is 5.91 Å². The van der Waals surface area contributed by atoms with Crippen LogP contribution in [-0.2, 0) is 4.74 Å². The van der Waals surface area contributed by atoms with Gasteiger partial charge in [-0.1, -0.05) is 6.07 Å². The van der Waals surface area contributed by atoms with Crippen molar-refractivity contribution >= 4 is 11.7 Å². The molecule has 0 bridgehead atoms. The highest BCUT2D eigenvalue weighted by Gasteiger charge is 2.21. The highest BCUT2D eigenvalue weighted by molar-refractivity contribution is 5.92. The number of nitrogens with two attached hydrogens (primary N) is 1. The van der Waals surface area contributed by atoms with Crippen molar-refractivity contribution in [1.82, 2.24) is 9.88 Å². The van der Waals surface area contributed by atoms with Crippen LogP contribution in [0.5, 0.6) is 0 Å². The molecule has 2 rings (SSSR count). The Kier molecular flexibility index (Phi) is 3.58. The summed E-state index contributed by atoms with van der Waals surface area (Å²) in [5.74, 6) is 0.296. The molecule has 1 fully saturated rings. The van der Waals surface area contributed by atoms with Gasteiger partial charge in [0.15, 0.2) is 0 Å². The van der Waals surface area contributed by atoms with E-state index in [1.54, 1.807) is 23.1 Å². The van der Waals surface area contributed by atoms with E-state index in [2.05, 4.69) is 4.98 Å². The van der Waals surface area contributed by atoms with Crippen molar-refractivity contribution < 1.29 is 9.53 Å². The molecular formula is C12H17N3O2. The fraction of sp³-hybridized carbons (Fsp3) is 0.500. The third-order valence-electron chi connectivity index (χ3n) is 2.73. The molecule has 5 nitrogen and oxygen atoms in total. The van der Waals surface area contributed by atoms with Crippen LogP contribution >= 0.6 is 0 Å². The summed E-state index contributed by atoms with van der Waals surface area (Å²) in [6, 6.07) is 5.10. The molecule has 1 aromatic heterocycles. The van der Waals surface area contributed by atoms with Crippen LogP contribution in [0, 0.1) is 0 Å². The molecule has 1 aliphatic rings. The molecule has 2 N–H and O–H groups in total. The first-order valence-electron chi connectivity index (χ1n) is 5.80. The van der Waals surface area contributed by atoms with E-state index in [1.807, 2.05) is 6.92 Å².